The van der Waals surface area contributed by atoms with Crippen molar-refractivity contribution in [3.05, 3.63) is 39.3 Å². The smallest absolute Gasteiger partial charge is 0.240 e. The second-order valence-electron chi connectivity index (χ2n) is 4.94. The van der Waals surface area contributed by atoms with E-state index >= 15 is 0 Å². The minimum atomic E-state index is -0.113. The molecule has 1 aromatic carbocycles. The quantitative estimate of drug-likeness (QED) is 0.529. The molecule has 0 bridgehead atoms. The Hall–Kier alpha value is -1.67. The SMILES string of the molecule is CCCc1n[nH]c(=S)n1CC(=O)NCCOc1cccc(Br)c1. The number of aromatic amines is 1. The molecule has 2 rings (SSSR count). The molecular weight excluding hydrogens is 380 g/mol. The summed E-state index contributed by atoms with van der Waals surface area (Å²) in [5.74, 6) is 1.45. The molecule has 1 aromatic heterocycles. The van der Waals surface area contributed by atoms with Crippen LogP contribution in [0, 0.1) is 4.77 Å². The van der Waals surface area contributed by atoms with Crippen molar-refractivity contribution < 1.29 is 9.53 Å². The number of aromatic nitrogens is 3. The number of amides is 1. The van der Waals surface area contributed by atoms with Crippen molar-refractivity contribution in [2.45, 2.75) is 26.3 Å². The Morgan fingerprint density at radius 1 is 1.52 bits per heavy atom. The highest BCUT2D eigenvalue weighted by Gasteiger charge is 2.09. The lowest BCUT2D eigenvalue weighted by molar-refractivity contribution is -0.121. The summed E-state index contributed by atoms with van der Waals surface area (Å²) < 4.78 is 8.72. The molecule has 0 unspecified atom stereocenters. The van der Waals surface area contributed by atoms with Crippen LogP contribution in [0.2, 0.25) is 0 Å². The Balaban J connectivity index is 1.77. The standard InChI is InChI=1S/C15H19BrN4O2S/c1-2-4-13-18-19-15(23)20(13)10-14(21)17-7-8-22-12-6-3-5-11(16)9-12/h3,5-6,9H,2,4,7-8,10H2,1H3,(H,17,21)(H,19,23). The molecule has 2 aromatic rings. The van der Waals surface area contributed by atoms with E-state index in [1.807, 2.05) is 24.3 Å². The summed E-state index contributed by atoms with van der Waals surface area (Å²) >= 11 is 8.54. The molecule has 0 atom stereocenters. The molecule has 0 aliphatic carbocycles. The van der Waals surface area contributed by atoms with Crippen molar-refractivity contribution >= 4 is 34.1 Å². The highest BCUT2D eigenvalue weighted by molar-refractivity contribution is 9.10. The molecule has 0 aliphatic heterocycles. The molecule has 0 saturated carbocycles. The van der Waals surface area contributed by atoms with Gasteiger partial charge >= 0.3 is 0 Å². The molecule has 0 radical (unpaired) electrons. The topological polar surface area (TPSA) is 71.9 Å². The van der Waals surface area contributed by atoms with Crippen LogP contribution in [-0.4, -0.2) is 33.8 Å². The first-order valence-corrected chi connectivity index (χ1v) is 8.59. The first-order chi connectivity index (χ1) is 11.1. The summed E-state index contributed by atoms with van der Waals surface area (Å²) in [5.41, 5.74) is 0. The van der Waals surface area contributed by atoms with Crippen LogP contribution >= 0.6 is 28.1 Å². The third-order valence-corrected chi connectivity index (χ3v) is 3.91. The van der Waals surface area contributed by atoms with Gasteiger partial charge in [-0.3, -0.25) is 14.5 Å². The van der Waals surface area contributed by atoms with Gasteiger partial charge in [0.2, 0.25) is 5.91 Å². The number of halogens is 1. The number of hydrogen-bond donors (Lipinski definition) is 2. The molecule has 124 valence electrons. The number of carbonyl (C=O) groups is 1. The first-order valence-electron chi connectivity index (χ1n) is 7.39. The van der Waals surface area contributed by atoms with E-state index in [-0.39, 0.29) is 12.5 Å². The second kappa shape index (κ2) is 8.83. The lowest BCUT2D eigenvalue weighted by Gasteiger charge is -2.09. The third kappa shape index (κ3) is 5.47. The van der Waals surface area contributed by atoms with Gasteiger partial charge in [0.05, 0.1) is 6.54 Å². The van der Waals surface area contributed by atoms with Crippen LogP contribution in [0.5, 0.6) is 5.75 Å². The zero-order chi connectivity index (χ0) is 16.7. The van der Waals surface area contributed by atoms with E-state index in [9.17, 15) is 4.79 Å². The van der Waals surface area contributed by atoms with Gasteiger partial charge in [-0.1, -0.05) is 28.9 Å². The van der Waals surface area contributed by atoms with Gasteiger partial charge in [0.25, 0.3) is 0 Å². The molecule has 0 aliphatic rings. The average Bonchev–Trinajstić information content (AvgIpc) is 2.85. The molecular formula is C15H19BrN4O2S. The highest BCUT2D eigenvalue weighted by atomic mass is 79.9. The normalized spacial score (nSPS) is 10.5. The van der Waals surface area contributed by atoms with Gasteiger partial charge < -0.3 is 10.1 Å². The number of aryl methyl sites for hydroxylation is 1. The molecule has 2 N–H and O–H groups in total. The Kier molecular flexibility index (Phi) is 6.79. The van der Waals surface area contributed by atoms with Crippen LogP contribution in [-0.2, 0) is 17.8 Å². The van der Waals surface area contributed by atoms with Crippen molar-refractivity contribution in [3.8, 4) is 5.75 Å². The van der Waals surface area contributed by atoms with Crippen molar-refractivity contribution in [2.75, 3.05) is 13.2 Å². The summed E-state index contributed by atoms with van der Waals surface area (Å²) in [5, 5.41) is 9.69. The Bertz CT molecular complexity index is 713. The van der Waals surface area contributed by atoms with Gasteiger partial charge in [-0.05, 0) is 36.8 Å². The van der Waals surface area contributed by atoms with E-state index in [0.29, 0.717) is 17.9 Å². The molecule has 23 heavy (non-hydrogen) atoms. The highest BCUT2D eigenvalue weighted by Crippen LogP contribution is 2.17. The number of benzene rings is 1. The summed E-state index contributed by atoms with van der Waals surface area (Å²) in [4.78, 5) is 12.0. The second-order valence-corrected chi connectivity index (χ2v) is 6.24. The zero-order valence-electron chi connectivity index (χ0n) is 12.8. The van der Waals surface area contributed by atoms with E-state index < -0.39 is 0 Å². The summed E-state index contributed by atoms with van der Waals surface area (Å²) in [6.45, 7) is 3.06. The molecule has 0 saturated heterocycles. The average molecular weight is 399 g/mol. The van der Waals surface area contributed by atoms with Gasteiger partial charge in [-0.25, -0.2) is 0 Å². The monoisotopic (exact) mass is 398 g/mol. The van der Waals surface area contributed by atoms with Crippen LogP contribution in [0.3, 0.4) is 0 Å². The summed E-state index contributed by atoms with van der Waals surface area (Å²) in [6, 6.07) is 7.57. The summed E-state index contributed by atoms with van der Waals surface area (Å²) in [7, 11) is 0. The number of ether oxygens (including phenoxy) is 1. The van der Waals surface area contributed by atoms with Crippen LogP contribution in [0.4, 0.5) is 0 Å². The van der Waals surface area contributed by atoms with Crippen molar-refractivity contribution in [1.82, 2.24) is 20.1 Å². The Labute approximate surface area is 148 Å². The minimum absolute atomic E-state index is 0.113. The van der Waals surface area contributed by atoms with Crippen LogP contribution in [0.1, 0.15) is 19.2 Å². The number of rotatable bonds is 8. The van der Waals surface area contributed by atoms with Gasteiger partial charge in [0.1, 0.15) is 24.7 Å². The molecule has 0 fully saturated rings. The number of nitrogens with one attached hydrogen (secondary N) is 2. The maximum Gasteiger partial charge on any atom is 0.240 e. The van der Waals surface area contributed by atoms with E-state index in [4.69, 9.17) is 17.0 Å². The van der Waals surface area contributed by atoms with E-state index in [2.05, 4.69) is 38.4 Å². The fraction of sp³-hybridized carbons (Fsp3) is 0.400. The largest absolute Gasteiger partial charge is 0.492 e. The lowest BCUT2D eigenvalue weighted by Crippen LogP contribution is -2.31. The predicted molar refractivity (Wildman–Crippen MR) is 94.1 cm³/mol. The van der Waals surface area contributed by atoms with Gasteiger partial charge in [-0.2, -0.15) is 5.10 Å². The number of hydrogen-bond acceptors (Lipinski definition) is 4. The van der Waals surface area contributed by atoms with Crippen molar-refractivity contribution in [3.63, 3.8) is 0 Å². The van der Waals surface area contributed by atoms with E-state index in [1.54, 1.807) is 4.57 Å². The number of H-pyrrole nitrogens is 1. The minimum Gasteiger partial charge on any atom is -0.492 e. The van der Waals surface area contributed by atoms with Crippen molar-refractivity contribution in [1.29, 1.82) is 0 Å². The maximum absolute atomic E-state index is 12.0. The molecule has 0 spiro atoms. The fourth-order valence-corrected chi connectivity index (χ4v) is 2.64. The lowest BCUT2D eigenvalue weighted by atomic mass is 10.3. The predicted octanol–water partition coefficient (Wildman–Crippen LogP) is 2.85. The van der Waals surface area contributed by atoms with Gasteiger partial charge in [0, 0.05) is 10.9 Å². The van der Waals surface area contributed by atoms with Crippen LogP contribution in [0.15, 0.2) is 28.7 Å². The van der Waals surface area contributed by atoms with Crippen LogP contribution < -0.4 is 10.1 Å². The third-order valence-electron chi connectivity index (χ3n) is 3.10. The van der Waals surface area contributed by atoms with Crippen molar-refractivity contribution in [2.24, 2.45) is 0 Å². The van der Waals surface area contributed by atoms with Crippen LogP contribution in [0.25, 0.3) is 0 Å². The number of carbonyl (C=O) groups excluding carboxylic acids is 1. The number of nitrogens with zero attached hydrogens (tertiary/aromatic N) is 2. The first kappa shape index (κ1) is 17.7. The maximum atomic E-state index is 12.0. The Morgan fingerprint density at radius 3 is 3.09 bits per heavy atom. The Morgan fingerprint density at radius 2 is 2.35 bits per heavy atom. The molecule has 8 heteroatoms. The van der Waals surface area contributed by atoms with Gasteiger partial charge in [0.15, 0.2) is 4.77 Å². The molecule has 1 heterocycles. The fourth-order valence-electron chi connectivity index (χ4n) is 2.04. The zero-order valence-corrected chi connectivity index (χ0v) is 15.2. The van der Waals surface area contributed by atoms with Gasteiger partial charge in [-0.15, -0.1) is 0 Å². The molecule has 6 nitrogen and oxygen atoms in total. The summed E-state index contributed by atoms with van der Waals surface area (Å²) in [6.07, 6.45) is 1.73. The van der Waals surface area contributed by atoms with E-state index in [1.165, 1.54) is 0 Å². The van der Waals surface area contributed by atoms with E-state index in [0.717, 1.165) is 28.9 Å². The molecule has 1 amide bonds.